The number of rotatable bonds is 7. The Balaban J connectivity index is 1.58. The number of hydrogen-bond donors (Lipinski definition) is 0. The van der Waals surface area contributed by atoms with Crippen LogP contribution < -0.4 is 0 Å². The molecule has 1 aliphatic heterocycles. The normalized spacial score (nSPS) is 17.6. The van der Waals surface area contributed by atoms with Gasteiger partial charge in [-0.2, -0.15) is 4.98 Å². The summed E-state index contributed by atoms with van der Waals surface area (Å²) in [6.07, 6.45) is 7.19. The molecular formula is C20H27N3O2. The molecule has 1 aromatic heterocycles. The van der Waals surface area contributed by atoms with Crippen LogP contribution in [0.5, 0.6) is 0 Å². The zero-order valence-corrected chi connectivity index (χ0v) is 15.0. The second kappa shape index (κ2) is 8.79. The van der Waals surface area contributed by atoms with Crippen molar-refractivity contribution in [2.45, 2.75) is 57.8 Å². The standard InChI is InChI=1S/C20H27N3O2/c1-2-3-4-8-13-18(24)23-14-9-12-17(15-23)20-21-19(22-25-20)16-10-6-5-7-11-16/h5-7,10-11,17H,2-4,8-9,12-15H2,1H3/t17-/m0/s1. The zero-order valence-electron chi connectivity index (χ0n) is 15.0. The molecule has 2 heterocycles. The second-order valence-corrected chi connectivity index (χ2v) is 6.81. The summed E-state index contributed by atoms with van der Waals surface area (Å²) in [6.45, 7) is 3.73. The minimum atomic E-state index is 0.151. The molecular weight excluding hydrogens is 314 g/mol. The molecule has 1 amide bonds. The Kier molecular flexibility index (Phi) is 6.20. The van der Waals surface area contributed by atoms with Crippen LogP contribution >= 0.6 is 0 Å². The molecule has 0 saturated carbocycles. The molecule has 5 nitrogen and oxygen atoms in total. The molecule has 0 radical (unpaired) electrons. The van der Waals surface area contributed by atoms with Crippen LogP contribution in [-0.2, 0) is 4.79 Å². The summed E-state index contributed by atoms with van der Waals surface area (Å²) >= 11 is 0. The molecule has 134 valence electrons. The van der Waals surface area contributed by atoms with Gasteiger partial charge in [0.15, 0.2) is 0 Å². The Morgan fingerprint density at radius 2 is 2.08 bits per heavy atom. The lowest BCUT2D eigenvalue weighted by Gasteiger charge is -2.31. The van der Waals surface area contributed by atoms with Crippen LogP contribution in [0.1, 0.15) is 63.7 Å². The molecule has 0 aliphatic carbocycles. The molecule has 0 spiro atoms. The van der Waals surface area contributed by atoms with Crippen LogP contribution in [0.4, 0.5) is 0 Å². The lowest BCUT2D eigenvalue weighted by Crippen LogP contribution is -2.39. The first-order valence-corrected chi connectivity index (χ1v) is 9.44. The van der Waals surface area contributed by atoms with Gasteiger partial charge in [0.2, 0.25) is 17.6 Å². The van der Waals surface area contributed by atoms with Gasteiger partial charge in [-0.3, -0.25) is 4.79 Å². The van der Waals surface area contributed by atoms with Gasteiger partial charge in [0.1, 0.15) is 0 Å². The lowest BCUT2D eigenvalue weighted by molar-refractivity contribution is -0.132. The van der Waals surface area contributed by atoms with Gasteiger partial charge < -0.3 is 9.42 Å². The number of likely N-dealkylation sites (tertiary alicyclic amines) is 1. The average Bonchev–Trinajstić information content (AvgIpc) is 3.16. The Labute approximate surface area is 149 Å². The van der Waals surface area contributed by atoms with Gasteiger partial charge in [-0.25, -0.2) is 0 Å². The fourth-order valence-corrected chi connectivity index (χ4v) is 3.37. The van der Waals surface area contributed by atoms with E-state index < -0.39 is 0 Å². The molecule has 5 heteroatoms. The van der Waals surface area contributed by atoms with Crippen LogP contribution in [-0.4, -0.2) is 34.0 Å². The van der Waals surface area contributed by atoms with Gasteiger partial charge in [-0.05, 0) is 19.3 Å². The summed E-state index contributed by atoms with van der Waals surface area (Å²) in [6, 6.07) is 9.84. The Bertz CT molecular complexity index is 669. The van der Waals surface area contributed by atoms with Crippen molar-refractivity contribution in [2.24, 2.45) is 0 Å². The van der Waals surface area contributed by atoms with E-state index in [0.717, 1.165) is 37.8 Å². The maximum Gasteiger partial charge on any atom is 0.231 e. The highest BCUT2D eigenvalue weighted by Gasteiger charge is 2.28. The number of carbonyl (C=O) groups excluding carboxylic acids is 1. The van der Waals surface area contributed by atoms with Crippen molar-refractivity contribution in [1.29, 1.82) is 0 Å². The third-order valence-corrected chi connectivity index (χ3v) is 4.84. The van der Waals surface area contributed by atoms with Gasteiger partial charge in [0.05, 0.1) is 5.92 Å². The monoisotopic (exact) mass is 341 g/mol. The van der Waals surface area contributed by atoms with Crippen molar-refractivity contribution in [2.75, 3.05) is 13.1 Å². The number of unbranched alkanes of at least 4 members (excludes halogenated alkanes) is 3. The third-order valence-electron chi connectivity index (χ3n) is 4.84. The first kappa shape index (κ1) is 17.6. The molecule has 1 atom stereocenters. The van der Waals surface area contributed by atoms with Crippen molar-refractivity contribution < 1.29 is 9.32 Å². The molecule has 1 aliphatic rings. The fourth-order valence-electron chi connectivity index (χ4n) is 3.37. The molecule has 1 saturated heterocycles. The molecule has 2 aromatic rings. The topological polar surface area (TPSA) is 59.2 Å². The van der Waals surface area contributed by atoms with Gasteiger partial charge >= 0.3 is 0 Å². The van der Waals surface area contributed by atoms with Gasteiger partial charge in [-0.15, -0.1) is 0 Å². The largest absolute Gasteiger partial charge is 0.342 e. The summed E-state index contributed by atoms with van der Waals surface area (Å²) in [5.41, 5.74) is 0.956. The minimum absolute atomic E-state index is 0.151. The Morgan fingerprint density at radius 1 is 1.24 bits per heavy atom. The van der Waals surface area contributed by atoms with Crippen LogP contribution in [0.25, 0.3) is 11.4 Å². The van der Waals surface area contributed by atoms with Gasteiger partial charge in [-0.1, -0.05) is 61.7 Å². The molecule has 0 N–H and O–H groups in total. The molecule has 1 aromatic carbocycles. The molecule has 3 rings (SSSR count). The van der Waals surface area contributed by atoms with E-state index in [2.05, 4.69) is 17.1 Å². The summed E-state index contributed by atoms with van der Waals surface area (Å²) in [5, 5.41) is 4.11. The number of amides is 1. The van der Waals surface area contributed by atoms with Crippen molar-refractivity contribution in [1.82, 2.24) is 15.0 Å². The minimum Gasteiger partial charge on any atom is -0.342 e. The molecule has 25 heavy (non-hydrogen) atoms. The van der Waals surface area contributed by atoms with E-state index in [4.69, 9.17) is 4.52 Å². The van der Waals surface area contributed by atoms with Crippen LogP contribution in [0.2, 0.25) is 0 Å². The van der Waals surface area contributed by atoms with Gasteiger partial charge in [0.25, 0.3) is 0 Å². The van der Waals surface area contributed by atoms with E-state index in [1.54, 1.807) is 0 Å². The lowest BCUT2D eigenvalue weighted by atomic mass is 9.97. The number of piperidine rings is 1. The van der Waals surface area contributed by atoms with E-state index in [1.165, 1.54) is 12.8 Å². The predicted octanol–water partition coefficient (Wildman–Crippen LogP) is 4.41. The number of aromatic nitrogens is 2. The number of benzene rings is 1. The van der Waals surface area contributed by atoms with Crippen LogP contribution in [0.15, 0.2) is 34.9 Å². The van der Waals surface area contributed by atoms with E-state index in [1.807, 2.05) is 35.2 Å². The Morgan fingerprint density at radius 3 is 2.88 bits per heavy atom. The smallest absolute Gasteiger partial charge is 0.231 e. The van der Waals surface area contributed by atoms with Gasteiger partial charge in [0, 0.05) is 25.1 Å². The van der Waals surface area contributed by atoms with E-state index in [-0.39, 0.29) is 11.8 Å². The quantitative estimate of drug-likeness (QED) is 0.700. The number of nitrogens with zero attached hydrogens (tertiary/aromatic N) is 3. The van der Waals surface area contributed by atoms with Crippen molar-refractivity contribution >= 4 is 5.91 Å². The zero-order chi connectivity index (χ0) is 17.5. The fraction of sp³-hybridized carbons (Fsp3) is 0.550. The summed E-state index contributed by atoms with van der Waals surface area (Å²) in [4.78, 5) is 19.0. The highest BCUT2D eigenvalue weighted by Crippen LogP contribution is 2.28. The van der Waals surface area contributed by atoms with E-state index in [9.17, 15) is 4.79 Å². The summed E-state index contributed by atoms with van der Waals surface area (Å²) in [7, 11) is 0. The number of hydrogen-bond acceptors (Lipinski definition) is 4. The van der Waals surface area contributed by atoms with Crippen LogP contribution in [0, 0.1) is 0 Å². The highest BCUT2D eigenvalue weighted by atomic mass is 16.5. The highest BCUT2D eigenvalue weighted by molar-refractivity contribution is 5.76. The van der Waals surface area contributed by atoms with Crippen molar-refractivity contribution in [3.63, 3.8) is 0 Å². The third kappa shape index (κ3) is 4.68. The molecule has 1 fully saturated rings. The first-order chi connectivity index (χ1) is 12.3. The van der Waals surface area contributed by atoms with E-state index >= 15 is 0 Å². The molecule has 0 bridgehead atoms. The predicted molar refractivity (Wildman–Crippen MR) is 97.0 cm³/mol. The maximum atomic E-state index is 12.4. The van der Waals surface area contributed by atoms with E-state index in [0.29, 0.717) is 24.7 Å². The maximum absolute atomic E-state index is 12.4. The first-order valence-electron chi connectivity index (χ1n) is 9.44. The summed E-state index contributed by atoms with van der Waals surface area (Å²) in [5.74, 6) is 1.70. The van der Waals surface area contributed by atoms with Crippen LogP contribution in [0.3, 0.4) is 0 Å². The molecule has 0 unspecified atom stereocenters. The van der Waals surface area contributed by atoms with Crippen molar-refractivity contribution in [3.05, 3.63) is 36.2 Å². The Hall–Kier alpha value is -2.17. The second-order valence-electron chi connectivity index (χ2n) is 6.81. The average molecular weight is 341 g/mol. The number of carbonyl (C=O) groups is 1. The van der Waals surface area contributed by atoms with Crippen molar-refractivity contribution in [3.8, 4) is 11.4 Å². The SMILES string of the molecule is CCCCCCC(=O)N1CCC[C@H](c2nc(-c3ccccc3)no2)C1. The summed E-state index contributed by atoms with van der Waals surface area (Å²) < 4.78 is 5.50.